The Labute approximate surface area is 170 Å². The summed E-state index contributed by atoms with van der Waals surface area (Å²) in [6, 6.07) is 7.98. The molecule has 1 heterocycles. The summed E-state index contributed by atoms with van der Waals surface area (Å²) in [6.45, 7) is 8.20. The molecular formula is C22H26F2N4O. The summed E-state index contributed by atoms with van der Waals surface area (Å²) < 4.78 is 35.0. The summed E-state index contributed by atoms with van der Waals surface area (Å²) in [7, 11) is 1.84. The summed E-state index contributed by atoms with van der Waals surface area (Å²) in [4.78, 5) is 7.98. The lowest BCUT2D eigenvalue weighted by atomic mass is 9.99. The Bertz CT molecular complexity index is 873. The van der Waals surface area contributed by atoms with Gasteiger partial charge in [-0.2, -0.15) is 0 Å². The molecule has 29 heavy (non-hydrogen) atoms. The first kappa shape index (κ1) is 21.1. The second-order valence-electron chi connectivity index (χ2n) is 7.16. The van der Waals surface area contributed by atoms with E-state index in [0.29, 0.717) is 43.1 Å². The zero-order valence-electron chi connectivity index (χ0n) is 16.8. The Balaban J connectivity index is 1.98. The lowest BCUT2D eigenvalue weighted by Gasteiger charge is -2.27. The van der Waals surface area contributed by atoms with Crippen LogP contribution in [0.15, 0.2) is 35.3 Å². The number of para-hydroxylation sites is 1. The van der Waals surface area contributed by atoms with Gasteiger partial charge >= 0.3 is 0 Å². The number of ether oxygens (including phenoxy) is 1. The van der Waals surface area contributed by atoms with Crippen LogP contribution in [0, 0.1) is 17.0 Å². The standard InChI is InChI=1S/C22H26F2N4O/c1-15(13-25)27(3)21-6-4-5-17(22(21)26-2)16-11-19(23)18(20(24)12-16)14-28-7-9-29-10-8-28/h4-6,11-13,15,25H,2,7-10,14H2,1,3H3. The van der Waals surface area contributed by atoms with Crippen molar-refractivity contribution in [1.29, 1.82) is 5.41 Å². The van der Waals surface area contributed by atoms with Crippen molar-refractivity contribution in [2.45, 2.75) is 19.5 Å². The fourth-order valence-electron chi connectivity index (χ4n) is 3.44. The molecule has 0 amide bonds. The fraction of sp³-hybridized carbons (Fsp3) is 0.364. The molecule has 0 aromatic heterocycles. The highest BCUT2D eigenvalue weighted by molar-refractivity contribution is 5.87. The maximum absolute atomic E-state index is 14.8. The third-order valence-electron chi connectivity index (χ3n) is 5.34. The van der Waals surface area contributed by atoms with E-state index in [1.807, 2.05) is 35.9 Å². The van der Waals surface area contributed by atoms with Crippen LogP contribution in [-0.4, -0.2) is 57.2 Å². The molecule has 2 aromatic rings. The second-order valence-corrected chi connectivity index (χ2v) is 7.16. The highest BCUT2D eigenvalue weighted by atomic mass is 19.1. The normalized spacial score (nSPS) is 15.7. The number of hydrogen-bond acceptors (Lipinski definition) is 5. The molecule has 1 saturated heterocycles. The molecule has 1 aliphatic rings. The van der Waals surface area contributed by atoms with E-state index >= 15 is 0 Å². The van der Waals surface area contributed by atoms with E-state index in [-0.39, 0.29) is 18.2 Å². The first-order chi connectivity index (χ1) is 14.0. The van der Waals surface area contributed by atoms with Crippen molar-refractivity contribution in [3.05, 3.63) is 47.5 Å². The quantitative estimate of drug-likeness (QED) is 0.706. The summed E-state index contributed by atoms with van der Waals surface area (Å²) in [5.74, 6) is -1.15. The van der Waals surface area contributed by atoms with Gasteiger partial charge in [-0.15, -0.1) is 0 Å². The van der Waals surface area contributed by atoms with Crippen LogP contribution in [0.25, 0.3) is 11.1 Å². The molecule has 5 nitrogen and oxygen atoms in total. The van der Waals surface area contributed by atoms with E-state index < -0.39 is 11.6 Å². The molecule has 1 aliphatic heterocycles. The molecule has 2 aromatic carbocycles. The van der Waals surface area contributed by atoms with Gasteiger partial charge in [0, 0.05) is 44.0 Å². The largest absolute Gasteiger partial charge is 0.379 e. The number of aliphatic imine (C=N–C) groups is 1. The summed E-state index contributed by atoms with van der Waals surface area (Å²) >= 11 is 0. The van der Waals surface area contributed by atoms with Crippen molar-refractivity contribution in [2.75, 3.05) is 38.3 Å². The van der Waals surface area contributed by atoms with E-state index in [2.05, 4.69) is 11.7 Å². The molecule has 1 atom stereocenters. The van der Waals surface area contributed by atoms with Crippen molar-refractivity contribution < 1.29 is 13.5 Å². The Hall–Kier alpha value is -2.64. The van der Waals surface area contributed by atoms with Crippen LogP contribution in [0.3, 0.4) is 0 Å². The van der Waals surface area contributed by atoms with Gasteiger partial charge in [-0.25, -0.2) is 8.78 Å². The van der Waals surface area contributed by atoms with Gasteiger partial charge in [-0.1, -0.05) is 12.1 Å². The molecule has 3 rings (SSSR count). The van der Waals surface area contributed by atoms with Gasteiger partial charge in [0.1, 0.15) is 11.6 Å². The number of morpholine rings is 1. The Kier molecular flexibility index (Phi) is 6.71. The lowest BCUT2D eigenvalue weighted by Crippen LogP contribution is -2.36. The van der Waals surface area contributed by atoms with Crippen LogP contribution >= 0.6 is 0 Å². The molecule has 0 spiro atoms. The van der Waals surface area contributed by atoms with Crippen molar-refractivity contribution in [2.24, 2.45) is 4.99 Å². The first-order valence-electron chi connectivity index (χ1n) is 9.57. The van der Waals surface area contributed by atoms with Crippen molar-refractivity contribution in [3.8, 4) is 11.1 Å². The van der Waals surface area contributed by atoms with Crippen LogP contribution in [0.2, 0.25) is 0 Å². The zero-order chi connectivity index (χ0) is 21.0. The summed E-state index contributed by atoms with van der Waals surface area (Å²) in [6.07, 6.45) is 1.32. The van der Waals surface area contributed by atoms with Gasteiger partial charge < -0.3 is 15.0 Å². The SMILES string of the molecule is C=Nc1c(-c2cc(F)c(CN3CCOCC3)c(F)c2)cccc1N(C)C(C)C=N. The van der Waals surface area contributed by atoms with Crippen LogP contribution in [-0.2, 0) is 11.3 Å². The van der Waals surface area contributed by atoms with Crippen molar-refractivity contribution in [1.82, 2.24) is 4.90 Å². The van der Waals surface area contributed by atoms with Crippen LogP contribution in [0.5, 0.6) is 0 Å². The molecule has 0 aliphatic carbocycles. The highest BCUT2D eigenvalue weighted by Crippen LogP contribution is 2.39. The number of nitrogens with one attached hydrogen (secondary N) is 1. The molecule has 1 unspecified atom stereocenters. The molecule has 7 heteroatoms. The zero-order valence-corrected chi connectivity index (χ0v) is 16.8. The van der Waals surface area contributed by atoms with Crippen LogP contribution < -0.4 is 4.90 Å². The van der Waals surface area contributed by atoms with Crippen LogP contribution in [0.1, 0.15) is 12.5 Å². The van der Waals surface area contributed by atoms with Gasteiger partial charge in [0.25, 0.3) is 0 Å². The first-order valence-corrected chi connectivity index (χ1v) is 9.57. The lowest BCUT2D eigenvalue weighted by molar-refractivity contribution is 0.0332. The van der Waals surface area contributed by atoms with Gasteiger partial charge in [-0.3, -0.25) is 9.89 Å². The average molecular weight is 400 g/mol. The third-order valence-corrected chi connectivity index (χ3v) is 5.34. The minimum absolute atomic E-state index is 0.0643. The van der Waals surface area contributed by atoms with E-state index in [1.165, 1.54) is 18.3 Å². The third kappa shape index (κ3) is 4.52. The van der Waals surface area contributed by atoms with Crippen LogP contribution in [0.4, 0.5) is 20.2 Å². The van der Waals surface area contributed by atoms with Gasteiger partial charge in [-0.05, 0) is 37.4 Å². The molecular weight excluding hydrogens is 374 g/mol. The Morgan fingerprint density at radius 1 is 1.28 bits per heavy atom. The molecule has 0 radical (unpaired) electrons. The predicted octanol–water partition coefficient (Wildman–Crippen LogP) is 4.27. The molecule has 154 valence electrons. The number of benzene rings is 2. The van der Waals surface area contributed by atoms with Gasteiger partial charge in [0.15, 0.2) is 0 Å². The van der Waals surface area contributed by atoms with Gasteiger partial charge in [0.2, 0.25) is 0 Å². The number of hydrogen-bond donors (Lipinski definition) is 1. The van der Waals surface area contributed by atoms with E-state index in [9.17, 15) is 8.78 Å². The highest BCUT2D eigenvalue weighted by Gasteiger charge is 2.20. The van der Waals surface area contributed by atoms with E-state index in [0.717, 1.165) is 5.69 Å². The molecule has 1 fully saturated rings. The molecule has 1 N–H and O–H groups in total. The summed E-state index contributed by atoms with van der Waals surface area (Å²) in [5.41, 5.74) is 2.34. The number of rotatable bonds is 7. The Morgan fingerprint density at radius 3 is 2.52 bits per heavy atom. The maximum atomic E-state index is 14.8. The number of halogens is 2. The summed E-state index contributed by atoms with van der Waals surface area (Å²) in [5, 5.41) is 7.50. The average Bonchev–Trinajstić information content (AvgIpc) is 2.75. The minimum atomic E-state index is -0.576. The smallest absolute Gasteiger partial charge is 0.131 e. The predicted molar refractivity (Wildman–Crippen MR) is 114 cm³/mol. The number of anilines is 1. The maximum Gasteiger partial charge on any atom is 0.131 e. The van der Waals surface area contributed by atoms with Crippen molar-refractivity contribution in [3.63, 3.8) is 0 Å². The molecule has 0 bridgehead atoms. The monoisotopic (exact) mass is 400 g/mol. The fourth-order valence-corrected chi connectivity index (χ4v) is 3.44. The van der Waals surface area contributed by atoms with Crippen molar-refractivity contribution >= 4 is 24.3 Å². The topological polar surface area (TPSA) is 51.9 Å². The van der Waals surface area contributed by atoms with Gasteiger partial charge in [0.05, 0.1) is 30.6 Å². The number of nitrogens with zero attached hydrogens (tertiary/aromatic N) is 3. The Morgan fingerprint density at radius 2 is 1.93 bits per heavy atom. The molecule has 0 saturated carbocycles. The second kappa shape index (κ2) is 9.24. The minimum Gasteiger partial charge on any atom is -0.379 e. The van der Waals surface area contributed by atoms with E-state index in [4.69, 9.17) is 10.1 Å². The van der Waals surface area contributed by atoms with E-state index in [1.54, 1.807) is 6.07 Å².